The summed E-state index contributed by atoms with van der Waals surface area (Å²) < 4.78 is 7.08. The zero-order chi connectivity index (χ0) is 21.1. The molecule has 3 rings (SSSR count). The SMILES string of the molecule is COCC(=O)Nc1cn[nH]c1C1CCCN(C(=O)c2cc(C)n(C(C)C)c2C)C1. The standard InChI is InChI=1S/C21H31N5O3/c1-13(2)26-14(3)9-17(15(26)4)21(28)25-8-6-7-16(11-25)20-18(10-22-24-20)23-19(27)12-29-5/h9-10,13,16H,6-8,11-12H2,1-5H3,(H,22,24)(H,23,27). The zero-order valence-electron chi connectivity index (χ0n) is 17.9. The number of aromatic nitrogens is 3. The number of methoxy groups -OCH3 is 1. The number of amides is 2. The highest BCUT2D eigenvalue weighted by atomic mass is 16.5. The molecule has 2 amide bonds. The van der Waals surface area contributed by atoms with Gasteiger partial charge in [-0.1, -0.05) is 0 Å². The van der Waals surface area contributed by atoms with Gasteiger partial charge in [-0.05, 0) is 46.6 Å². The van der Waals surface area contributed by atoms with Crippen LogP contribution in [0.15, 0.2) is 12.3 Å². The van der Waals surface area contributed by atoms with Gasteiger partial charge in [0.1, 0.15) is 6.61 Å². The van der Waals surface area contributed by atoms with Gasteiger partial charge in [0.2, 0.25) is 5.91 Å². The third-order valence-corrected chi connectivity index (χ3v) is 5.57. The molecular weight excluding hydrogens is 370 g/mol. The van der Waals surface area contributed by atoms with Crippen LogP contribution in [-0.4, -0.2) is 58.3 Å². The molecule has 2 aromatic heterocycles. The van der Waals surface area contributed by atoms with E-state index < -0.39 is 0 Å². The summed E-state index contributed by atoms with van der Waals surface area (Å²) in [5.41, 5.74) is 4.41. The predicted octanol–water partition coefficient (Wildman–Crippen LogP) is 3.01. The van der Waals surface area contributed by atoms with Crippen LogP contribution in [0.3, 0.4) is 0 Å². The summed E-state index contributed by atoms with van der Waals surface area (Å²) in [6.07, 6.45) is 3.45. The number of anilines is 1. The normalized spacial score (nSPS) is 17.0. The Labute approximate surface area is 171 Å². The van der Waals surface area contributed by atoms with Crippen molar-refractivity contribution in [1.29, 1.82) is 0 Å². The molecule has 158 valence electrons. The van der Waals surface area contributed by atoms with E-state index in [-0.39, 0.29) is 24.3 Å². The molecule has 2 aromatic rings. The topological polar surface area (TPSA) is 92.2 Å². The van der Waals surface area contributed by atoms with Crippen molar-refractivity contribution < 1.29 is 14.3 Å². The Morgan fingerprint density at radius 3 is 2.79 bits per heavy atom. The van der Waals surface area contributed by atoms with Gasteiger partial charge in [-0.3, -0.25) is 14.7 Å². The lowest BCUT2D eigenvalue weighted by Gasteiger charge is -2.32. The smallest absolute Gasteiger partial charge is 0.255 e. The Bertz CT molecular complexity index is 883. The number of carbonyl (C=O) groups excluding carboxylic acids is 2. The van der Waals surface area contributed by atoms with Crippen LogP contribution in [0.5, 0.6) is 0 Å². The minimum absolute atomic E-state index is 0.00857. The Morgan fingerprint density at radius 2 is 2.14 bits per heavy atom. The number of hydrogen-bond donors (Lipinski definition) is 2. The van der Waals surface area contributed by atoms with Crippen molar-refractivity contribution in [1.82, 2.24) is 19.7 Å². The number of ether oxygens (including phenoxy) is 1. The van der Waals surface area contributed by atoms with E-state index in [1.54, 1.807) is 6.20 Å². The molecule has 1 saturated heterocycles. The summed E-state index contributed by atoms with van der Waals surface area (Å²) in [6.45, 7) is 9.64. The number of carbonyl (C=O) groups is 2. The van der Waals surface area contributed by atoms with Crippen LogP contribution < -0.4 is 5.32 Å². The second-order valence-electron chi connectivity index (χ2n) is 8.02. The molecule has 1 fully saturated rings. The fraction of sp³-hybridized carbons (Fsp3) is 0.571. The fourth-order valence-electron chi connectivity index (χ4n) is 4.38. The summed E-state index contributed by atoms with van der Waals surface area (Å²) in [5.74, 6) is -0.0548. The first-order valence-corrected chi connectivity index (χ1v) is 10.1. The average Bonchev–Trinajstić information content (AvgIpc) is 3.25. The highest BCUT2D eigenvalue weighted by molar-refractivity contribution is 5.96. The van der Waals surface area contributed by atoms with E-state index in [4.69, 9.17) is 4.74 Å². The predicted molar refractivity (Wildman–Crippen MR) is 111 cm³/mol. The summed E-state index contributed by atoms with van der Waals surface area (Å²) in [6, 6.07) is 2.31. The highest BCUT2D eigenvalue weighted by Gasteiger charge is 2.30. The second kappa shape index (κ2) is 8.82. The number of likely N-dealkylation sites (tertiary alicyclic amines) is 1. The van der Waals surface area contributed by atoms with Crippen molar-refractivity contribution in [2.45, 2.75) is 52.5 Å². The van der Waals surface area contributed by atoms with Crippen LogP contribution in [-0.2, 0) is 9.53 Å². The molecule has 0 spiro atoms. The summed E-state index contributed by atoms with van der Waals surface area (Å²) in [7, 11) is 1.48. The van der Waals surface area contributed by atoms with Gasteiger partial charge in [0.15, 0.2) is 0 Å². The lowest BCUT2D eigenvalue weighted by atomic mass is 9.93. The minimum atomic E-state index is -0.222. The van der Waals surface area contributed by atoms with E-state index in [2.05, 4.69) is 33.9 Å². The van der Waals surface area contributed by atoms with Crippen molar-refractivity contribution in [2.24, 2.45) is 0 Å². The van der Waals surface area contributed by atoms with Crippen molar-refractivity contribution in [2.75, 3.05) is 32.1 Å². The summed E-state index contributed by atoms with van der Waals surface area (Å²) in [4.78, 5) is 27.1. The first kappa shape index (κ1) is 21.1. The number of nitrogens with zero attached hydrogens (tertiary/aromatic N) is 3. The zero-order valence-corrected chi connectivity index (χ0v) is 17.9. The van der Waals surface area contributed by atoms with Crippen molar-refractivity contribution in [3.63, 3.8) is 0 Å². The molecule has 0 radical (unpaired) electrons. The first-order chi connectivity index (χ1) is 13.8. The largest absolute Gasteiger partial charge is 0.375 e. The molecule has 3 heterocycles. The van der Waals surface area contributed by atoms with Gasteiger partial charge in [-0.15, -0.1) is 0 Å². The maximum atomic E-state index is 13.3. The monoisotopic (exact) mass is 401 g/mol. The minimum Gasteiger partial charge on any atom is -0.375 e. The van der Waals surface area contributed by atoms with Crippen molar-refractivity contribution >= 4 is 17.5 Å². The molecule has 2 N–H and O–H groups in total. The molecule has 1 unspecified atom stereocenters. The van der Waals surface area contributed by atoms with E-state index in [9.17, 15) is 9.59 Å². The number of aromatic amines is 1. The summed E-state index contributed by atoms with van der Waals surface area (Å²) in [5, 5.41) is 9.95. The number of piperidine rings is 1. The van der Waals surface area contributed by atoms with Gasteiger partial charge >= 0.3 is 0 Å². The van der Waals surface area contributed by atoms with E-state index in [0.717, 1.165) is 42.0 Å². The molecule has 8 nitrogen and oxygen atoms in total. The lowest BCUT2D eigenvalue weighted by Crippen LogP contribution is -2.39. The van der Waals surface area contributed by atoms with Crippen molar-refractivity contribution in [3.8, 4) is 0 Å². The maximum absolute atomic E-state index is 13.3. The van der Waals surface area contributed by atoms with Crippen LogP contribution in [0.25, 0.3) is 0 Å². The molecule has 1 atom stereocenters. The molecule has 0 bridgehead atoms. The third-order valence-electron chi connectivity index (χ3n) is 5.57. The molecule has 29 heavy (non-hydrogen) atoms. The summed E-state index contributed by atoms with van der Waals surface area (Å²) >= 11 is 0. The van der Waals surface area contributed by atoms with Gasteiger partial charge in [-0.25, -0.2) is 0 Å². The molecule has 1 aliphatic heterocycles. The fourth-order valence-corrected chi connectivity index (χ4v) is 4.38. The number of aryl methyl sites for hydroxylation is 1. The second-order valence-corrected chi connectivity index (χ2v) is 8.02. The van der Waals surface area contributed by atoms with Crippen LogP contribution in [0.2, 0.25) is 0 Å². The van der Waals surface area contributed by atoms with Crippen LogP contribution in [0.4, 0.5) is 5.69 Å². The van der Waals surface area contributed by atoms with Crippen molar-refractivity contribution in [3.05, 3.63) is 34.9 Å². The number of rotatable bonds is 6. The molecule has 1 aliphatic rings. The van der Waals surface area contributed by atoms with Crippen LogP contribution in [0, 0.1) is 13.8 Å². The van der Waals surface area contributed by atoms with E-state index >= 15 is 0 Å². The number of nitrogens with one attached hydrogen (secondary N) is 2. The molecule has 0 aliphatic carbocycles. The number of hydrogen-bond acceptors (Lipinski definition) is 4. The van der Waals surface area contributed by atoms with Gasteiger partial charge in [0.05, 0.1) is 23.1 Å². The van der Waals surface area contributed by atoms with Crippen LogP contribution >= 0.6 is 0 Å². The number of H-pyrrole nitrogens is 1. The average molecular weight is 402 g/mol. The Hall–Kier alpha value is -2.61. The van der Waals surface area contributed by atoms with Gasteiger partial charge < -0.3 is 19.5 Å². The Kier molecular flexibility index (Phi) is 6.42. The van der Waals surface area contributed by atoms with Crippen LogP contribution in [0.1, 0.15) is 66.1 Å². The van der Waals surface area contributed by atoms with E-state index in [1.165, 1.54) is 7.11 Å². The molecule has 0 saturated carbocycles. The molecular formula is C21H31N5O3. The van der Waals surface area contributed by atoms with Gasteiger partial charge in [-0.2, -0.15) is 5.10 Å². The highest BCUT2D eigenvalue weighted by Crippen LogP contribution is 2.31. The third kappa shape index (κ3) is 4.37. The first-order valence-electron chi connectivity index (χ1n) is 10.1. The molecule has 0 aromatic carbocycles. The quantitative estimate of drug-likeness (QED) is 0.778. The Balaban J connectivity index is 1.77. The van der Waals surface area contributed by atoms with E-state index in [1.807, 2.05) is 24.8 Å². The maximum Gasteiger partial charge on any atom is 0.255 e. The van der Waals surface area contributed by atoms with E-state index in [0.29, 0.717) is 18.3 Å². The van der Waals surface area contributed by atoms with Gasteiger partial charge in [0, 0.05) is 43.5 Å². The Morgan fingerprint density at radius 1 is 1.38 bits per heavy atom. The molecule has 8 heteroatoms. The lowest BCUT2D eigenvalue weighted by molar-refractivity contribution is -0.119. The van der Waals surface area contributed by atoms with Gasteiger partial charge in [0.25, 0.3) is 5.91 Å².